The maximum atomic E-state index is 5.91. The molecule has 1 saturated carbocycles. The highest BCUT2D eigenvalue weighted by atomic mass is 16.5. The van der Waals surface area contributed by atoms with Gasteiger partial charge in [-0.3, -0.25) is 0 Å². The molecule has 0 amide bonds. The summed E-state index contributed by atoms with van der Waals surface area (Å²) in [5.41, 5.74) is 2.67. The van der Waals surface area contributed by atoms with E-state index in [1.165, 1.54) is 24.0 Å². The number of fused-ring (bicyclic) bond motifs is 1. The van der Waals surface area contributed by atoms with Gasteiger partial charge < -0.3 is 15.0 Å². The first-order chi connectivity index (χ1) is 9.53. The monoisotopic (exact) mass is 274 g/mol. The summed E-state index contributed by atoms with van der Waals surface area (Å²) in [6.45, 7) is 7.46. The molecule has 0 saturated heterocycles. The van der Waals surface area contributed by atoms with E-state index in [-0.39, 0.29) is 5.60 Å². The SMILES string of the molecule is CN(CCNCc1ccc2c(c1)CC(C)(C)O2)C1CC1. The highest BCUT2D eigenvalue weighted by Gasteiger charge is 2.29. The molecular formula is C17H26N2O. The lowest BCUT2D eigenvalue weighted by Gasteiger charge is -2.16. The number of hydrogen-bond acceptors (Lipinski definition) is 3. The van der Waals surface area contributed by atoms with Crippen LogP contribution in [0.5, 0.6) is 5.75 Å². The van der Waals surface area contributed by atoms with Gasteiger partial charge in [0.05, 0.1) is 0 Å². The molecule has 0 radical (unpaired) electrons. The molecule has 0 aromatic heterocycles. The van der Waals surface area contributed by atoms with Crippen molar-refractivity contribution < 1.29 is 4.74 Å². The van der Waals surface area contributed by atoms with Gasteiger partial charge in [-0.25, -0.2) is 0 Å². The molecule has 1 aromatic carbocycles. The maximum Gasteiger partial charge on any atom is 0.123 e. The van der Waals surface area contributed by atoms with E-state index in [2.05, 4.69) is 49.3 Å². The molecule has 0 spiro atoms. The first-order valence-corrected chi connectivity index (χ1v) is 7.75. The molecule has 0 atom stereocenters. The van der Waals surface area contributed by atoms with Crippen LogP contribution < -0.4 is 10.1 Å². The third-order valence-electron chi connectivity index (χ3n) is 4.27. The Morgan fingerprint density at radius 2 is 2.15 bits per heavy atom. The summed E-state index contributed by atoms with van der Waals surface area (Å²) < 4.78 is 5.91. The van der Waals surface area contributed by atoms with Crippen LogP contribution >= 0.6 is 0 Å². The molecule has 3 nitrogen and oxygen atoms in total. The Morgan fingerprint density at radius 3 is 2.90 bits per heavy atom. The molecule has 1 fully saturated rings. The average Bonchev–Trinajstić information content (AvgIpc) is 3.17. The van der Waals surface area contributed by atoms with Crippen LogP contribution in [0.3, 0.4) is 0 Å². The Bertz CT molecular complexity index is 480. The number of nitrogens with one attached hydrogen (secondary N) is 1. The van der Waals surface area contributed by atoms with Crippen molar-refractivity contribution in [1.82, 2.24) is 10.2 Å². The summed E-state index contributed by atoms with van der Waals surface area (Å²) >= 11 is 0. The molecule has 3 heteroatoms. The molecule has 1 aliphatic heterocycles. The van der Waals surface area contributed by atoms with E-state index in [1.54, 1.807) is 0 Å². The van der Waals surface area contributed by atoms with Gasteiger partial charge >= 0.3 is 0 Å². The Balaban J connectivity index is 1.47. The Hall–Kier alpha value is -1.06. The number of likely N-dealkylation sites (N-methyl/N-ethyl adjacent to an activating group) is 1. The van der Waals surface area contributed by atoms with Crippen LogP contribution in [-0.2, 0) is 13.0 Å². The minimum atomic E-state index is -0.0403. The molecule has 1 heterocycles. The van der Waals surface area contributed by atoms with Crippen LogP contribution in [0.15, 0.2) is 18.2 Å². The quantitative estimate of drug-likeness (QED) is 0.807. The number of nitrogens with zero attached hydrogens (tertiary/aromatic N) is 1. The van der Waals surface area contributed by atoms with Gasteiger partial charge in [0.1, 0.15) is 11.4 Å². The standard InChI is InChI=1S/C17H26N2O/c1-17(2)11-14-10-13(4-7-16(14)20-17)12-18-8-9-19(3)15-5-6-15/h4,7,10,15,18H,5-6,8-9,11-12H2,1-3H3. The summed E-state index contributed by atoms with van der Waals surface area (Å²) in [4.78, 5) is 2.46. The molecule has 2 aliphatic rings. The summed E-state index contributed by atoms with van der Waals surface area (Å²) in [6.07, 6.45) is 3.79. The molecule has 110 valence electrons. The van der Waals surface area contributed by atoms with Crippen molar-refractivity contribution in [2.24, 2.45) is 0 Å². The van der Waals surface area contributed by atoms with E-state index in [9.17, 15) is 0 Å². The first kappa shape index (κ1) is 13.9. The lowest BCUT2D eigenvalue weighted by atomic mass is 10.0. The lowest BCUT2D eigenvalue weighted by molar-refractivity contribution is 0.138. The summed E-state index contributed by atoms with van der Waals surface area (Å²) in [5, 5.41) is 3.54. The predicted molar refractivity (Wildman–Crippen MR) is 82.2 cm³/mol. The molecule has 1 N–H and O–H groups in total. The van der Waals surface area contributed by atoms with Crippen LogP contribution in [0, 0.1) is 0 Å². The molecular weight excluding hydrogens is 248 g/mol. The summed E-state index contributed by atoms with van der Waals surface area (Å²) in [6, 6.07) is 7.45. The van der Waals surface area contributed by atoms with Crippen molar-refractivity contribution in [3.05, 3.63) is 29.3 Å². The van der Waals surface area contributed by atoms with Crippen LogP contribution in [-0.4, -0.2) is 36.7 Å². The van der Waals surface area contributed by atoms with Gasteiger partial charge in [0.25, 0.3) is 0 Å². The Kier molecular flexibility index (Phi) is 3.74. The lowest BCUT2D eigenvalue weighted by Crippen LogP contribution is -2.30. The second kappa shape index (κ2) is 5.38. The smallest absolute Gasteiger partial charge is 0.123 e. The predicted octanol–water partition coefficient (Wildman–Crippen LogP) is 2.58. The first-order valence-electron chi connectivity index (χ1n) is 7.75. The van der Waals surface area contributed by atoms with Crippen molar-refractivity contribution in [3.8, 4) is 5.75 Å². The fraction of sp³-hybridized carbons (Fsp3) is 0.647. The van der Waals surface area contributed by atoms with Crippen LogP contribution in [0.1, 0.15) is 37.8 Å². The van der Waals surface area contributed by atoms with Gasteiger partial charge in [-0.1, -0.05) is 12.1 Å². The zero-order valence-electron chi connectivity index (χ0n) is 12.9. The highest BCUT2D eigenvalue weighted by molar-refractivity contribution is 5.41. The van der Waals surface area contributed by atoms with E-state index in [1.807, 2.05) is 0 Å². The van der Waals surface area contributed by atoms with Crippen molar-refractivity contribution in [1.29, 1.82) is 0 Å². The second-order valence-electron chi connectivity index (χ2n) is 6.87. The highest BCUT2D eigenvalue weighted by Crippen LogP contribution is 2.35. The Morgan fingerprint density at radius 1 is 1.35 bits per heavy atom. The van der Waals surface area contributed by atoms with E-state index >= 15 is 0 Å². The zero-order valence-corrected chi connectivity index (χ0v) is 12.9. The largest absolute Gasteiger partial charge is 0.487 e. The molecule has 20 heavy (non-hydrogen) atoms. The minimum Gasteiger partial charge on any atom is -0.487 e. The molecule has 1 aliphatic carbocycles. The third-order valence-corrected chi connectivity index (χ3v) is 4.27. The minimum absolute atomic E-state index is 0.0403. The van der Waals surface area contributed by atoms with Gasteiger partial charge in [0.15, 0.2) is 0 Å². The van der Waals surface area contributed by atoms with E-state index < -0.39 is 0 Å². The number of ether oxygens (including phenoxy) is 1. The molecule has 1 aromatic rings. The van der Waals surface area contributed by atoms with Gasteiger partial charge in [-0.05, 0) is 50.9 Å². The zero-order chi connectivity index (χ0) is 14.2. The molecule has 0 bridgehead atoms. The van der Waals surface area contributed by atoms with E-state index in [0.717, 1.165) is 37.8 Å². The molecule has 3 rings (SSSR count). The van der Waals surface area contributed by atoms with E-state index in [0.29, 0.717) is 0 Å². The average molecular weight is 274 g/mol. The van der Waals surface area contributed by atoms with Crippen molar-refractivity contribution in [2.75, 3.05) is 20.1 Å². The fourth-order valence-corrected chi connectivity index (χ4v) is 2.96. The fourth-order valence-electron chi connectivity index (χ4n) is 2.96. The summed E-state index contributed by atoms with van der Waals surface area (Å²) in [7, 11) is 2.23. The maximum absolute atomic E-state index is 5.91. The van der Waals surface area contributed by atoms with Gasteiger partial charge in [0, 0.05) is 32.1 Å². The Labute approximate surface area is 122 Å². The topological polar surface area (TPSA) is 24.5 Å². The van der Waals surface area contributed by atoms with Crippen LogP contribution in [0.4, 0.5) is 0 Å². The number of benzene rings is 1. The van der Waals surface area contributed by atoms with Crippen molar-refractivity contribution in [3.63, 3.8) is 0 Å². The van der Waals surface area contributed by atoms with Gasteiger partial charge in [0.2, 0.25) is 0 Å². The number of hydrogen-bond donors (Lipinski definition) is 1. The second-order valence-corrected chi connectivity index (χ2v) is 6.87. The number of rotatable bonds is 6. The van der Waals surface area contributed by atoms with Crippen LogP contribution in [0.2, 0.25) is 0 Å². The van der Waals surface area contributed by atoms with E-state index in [4.69, 9.17) is 4.74 Å². The third kappa shape index (κ3) is 3.33. The summed E-state index contributed by atoms with van der Waals surface area (Å²) in [5.74, 6) is 1.06. The van der Waals surface area contributed by atoms with Crippen molar-refractivity contribution in [2.45, 2.75) is 51.3 Å². The van der Waals surface area contributed by atoms with Gasteiger partial charge in [-0.2, -0.15) is 0 Å². The molecule has 0 unspecified atom stereocenters. The normalized spacial score (nSPS) is 20.0. The van der Waals surface area contributed by atoms with Gasteiger partial charge in [-0.15, -0.1) is 0 Å². The van der Waals surface area contributed by atoms with Crippen molar-refractivity contribution >= 4 is 0 Å². The van der Waals surface area contributed by atoms with Crippen LogP contribution in [0.25, 0.3) is 0 Å².